The molecule has 0 radical (unpaired) electrons. The topological polar surface area (TPSA) is 12.0 Å². The molecular weight excluding hydrogens is 154 g/mol. The Morgan fingerprint density at radius 2 is 2.18 bits per heavy atom. The van der Waals surface area contributed by atoms with Gasteiger partial charge in [-0.25, -0.2) is 0 Å². The van der Waals surface area contributed by atoms with Crippen molar-refractivity contribution in [3.05, 3.63) is 0 Å². The molecule has 0 bridgehead atoms. The van der Waals surface area contributed by atoms with Crippen molar-refractivity contribution < 1.29 is 0 Å². The van der Waals surface area contributed by atoms with Gasteiger partial charge >= 0.3 is 0 Å². The summed E-state index contributed by atoms with van der Waals surface area (Å²) in [5.41, 5.74) is 0.385. The summed E-state index contributed by atoms with van der Waals surface area (Å²) in [5.74, 6) is 1.29. The maximum Gasteiger partial charge on any atom is 0.0218 e. The number of nitrogens with one attached hydrogen (secondary N) is 1. The molecule has 2 unspecified atom stereocenters. The molecule has 2 heteroatoms. The molecular formula is C9H17NS. The molecule has 2 aliphatic rings. The lowest BCUT2D eigenvalue weighted by Crippen LogP contribution is -2.54. The Hall–Kier alpha value is 0.310. The van der Waals surface area contributed by atoms with Crippen molar-refractivity contribution in [3.8, 4) is 0 Å². The Labute approximate surface area is 73.3 Å². The smallest absolute Gasteiger partial charge is 0.0218 e. The molecule has 1 heterocycles. The van der Waals surface area contributed by atoms with E-state index in [4.69, 9.17) is 0 Å². The van der Waals surface area contributed by atoms with E-state index in [1.54, 1.807) is 0 Å². The van der Waals surface area contributed by atoms with Crippen LogP contribution in [0.1, 0.15) is 33.1 Å². The van der Waals surface area contributed by atoms with E-state index in [9.17, 15) is 0 Å². The largest absolute Gasteiger partial charge is 0.307 e. The normalized spacial score (nSPS) is 42.0. The SMILES string of the molecule is CC1(C)CSC2CCCC2N1. The third-order valence-corrected chi connectivity index (χ3v) is 4.57. The zero-order valence-electron chi connectivity index (χ0n) is 7.39. The summed E-state index contributed by atoms with van der Waals surface area (Å²) in [6, 6.07) is 0.823. The summed E-state index contributed by atoms with van der Waals surface area (Å²) in [4.78, 5) is 0. The molecule has 2 rings (SSSR count). The van der Waals surface area contributed by atoms with E-state index >= 15 is 0 Å². The highest BCUT2D eigenvalue weighted by Gasteiger charge is 2.36. The lowest BCUT2D eigenvalue weighted by molar-refractivity contribution is 0.357. The Balaban J connectivity index is 2.02. The zero-order valence-corrected chi connectivity index (χ0v) is 8.21. The quantitative estimate of drug-likeness (QED) is 0.598. The van der Waals surface area contributed by atoms with E-state index in [0.717, 1.165) is 11.3 Å². The molecule has 11 heavy (non-hydrogen) atoms. The molecule has 64 valence electrons. The summed E-state index contributed by atoms with van der Waals surface area (Å²) in [6.45, 7) is 4.63. The maximum atomic E-state index is 3.73. The van der Waals surface area contributed by atoms with Crippen LogP contribution in [0.15, 0.2) is 0 Å². The fourth-order valence-corrected chi connectivity index (χ4v) is 3.63. The van der Waals surface area contributed by atoms with Gasteiger partial charge in [-0.2, -0.15) is 11.8 Å². The second-order valence-corrected chi connectivity index (χ2v) is 5.64. The average Bonchev–Trinajstić information content (AvgIpc) is 2.31. The minimum atomic E-state index is 0.385. The minimum Gasteiger partial charge on any atom is -0.307 e. The van der Waals surface area contributed by atoms with Crippen LogP contribution in [0.25, 0.3) is 0 Å². The van der Waals surface area contributed by atoms with Crippen LogP contribution in [-0.2, 0) is 0 Å². The van der Waals surface area contributed by atoms with E-state index < -0.39 is 0 Å². The minimum absolute atomic E-state index is 0.385. The summed E-state index contributed by atoms with van der Waals surface area (Å²) in [7, 11) is 0. The monoisotopic (exact) mass is 171 g/mol. The van der Waals surface area contributed by atoms with Crippen LogP contribution < -0.4 is 5.32 Å². The van der Waals surface area contributed by atoms with Crippen LogP contribution in [-0.4, -0.2) is 22.6 Å². The lowest BCUT2D eigenvalue weighted by atomic mass is 10.1. The fraction of sp³-hybridized carbons (Fsp3) is 1.00. The highest BCUT2D eigenvalue weighted by atomic mass is 32.2. The number of hydrogen-bond acceptors (Lipinski definition) is 2. The first-order chi connectivity index (χ1) is 5.17. The van der Waals surface area contributed by atoms with Crippen molar-refractivity contribution in [1.29, 1.82) is 0 Å². The van der Waals surface area contributed by atoms with Crippen LogP contribution >= 0.6 is 11.8 Å². The Morgan fingerprint density at radius 3 is 3.00 bits per heavy atom. The number of fused-ring (bicyclic) bond motifs is 1. The number of hydrogen-bond donors (Lipinski definition) is 1. The third kappa shape index (κ3) is 1.57. The zero-order chi connectivity index (χ0) is 7.90. The van der Waals surface area contributed by atoms with Gasteiger partial charge in [0, 0.05) is 22.6 Å². The van der Waals surface area contributed by atoms with Gasteiger partial charge in [-0.15, -0.1) is 0 Å². The molecule has 1 saturated carbocycles. The number of thioether (sulfide) groups is 1. The van der Waals surface area contributed by atoms with Gasteiger partial charge in [0.1, 0.15) is 0 Å². The van der Waals surface area contributed by atoms with Crippen molar-refractivity contribution >= 4 is 11.8 Å². The average molecular weight is 171 g/mol. The van der Waals surface area contributed by atoms with E-state index in [2.05, 4.69) is 30.9 Å². The highest BCUT2D eigenvalue weighted by molar-refractivity contribution is 8.00. The van der Waals surface area contributed by atoms with Crippen LogP contribution in [0.4, 0.5) is 0 Å². The Morgan fingerprint density at radius 1 is 1.36 bits per heavy atom. The second-order valence-electron chi connectivity index (χ2n) is 4.42. The predicted molar refractivity (Wildman–Crippen MR) is 51.1 cm³/mol. The van der Waals surface area contributed by atoms with Gasteiger partial charge in [-0.3, -0.25) is 0 Å². The van der Waals surface area contributed by atoms with Crippen molar-refractivity contribution in [2.24, 2.45) is 0 Å². The van der Waals surface area contributed by atoms with Gasteiger partial charge in [-0.1, -0.05) is 6.42 Å². The Kier molecular flexibility index (Phi) is 1.92. The molecule has 2 fully saturated rings. The molecule has 0 aromatic heterocycles. The molecule has 1 aliphatic heterocycles. The van der Waals surface area contributed by atoms with Gasteiger partial charge in [-0.05, 0) is 26.7 Å². The molecule has 1 saturated heterocycles. The lowest BCUT2D eigenvalue weighted by Gasteiger charge is -2.38. The fourth-order valence-electron chi connectivity index (χ4n) is 2.15. The van der Waals surface area contributed by atoms with E-state index in [-0.39, 0.29) is 0 Å². The molecule has 2 atom stereocenters. The van der Waals surface area contributed by atoms with Gasteiger partial charge in [0.25, 0.3) is 0 Å². The van der Waals surface area contributed by atoms with Crippen molar-refractivity contribution in [2.45, 2.75) is 49.9 Å². The van der Waals surface area contributed by atoms with Crippen molar-refractivity contribution in [3.63, 3.8) is 0 Å². The van der Waals surface area contributed by atoms with Gasteiger partial charge in [0.05, 0.1) is 0 Å². The summed E-state index contributed by atoms with van der Waals surface area (Å²) >= 11 is 2.18. The Bertz CT molecular complexity index is 156. The van der Waals surface area contributed by atoms with E-state index in [1.165, 1.54) is 25.0 Å². The highest BCUT2D eigenvalue weighted by Crippen LogP contribution is 2.36. The molecule has 0 aromatic rings. The second kappa shape index (κ2) is 2.67. The van der Waals surface area contributed by atoms with Gasteiger partial charge in [0.15, 0.2) is 0 Å². The predicted octanol–water partition coefficient (Wildman–Crippen LogP) is 2.02. The summed E-state index contributed by atoms with van der Waals surface area (Å²) in [6.07, 6.45) is 4.28. The first-order valence-electron chi connectivity index (χ1n) is 4.57. The van der Waals surface area contributed by atoms with Crippen molar-refractivity contribution in [1.82, 2.24) is 5.32 Å². The van der Waals surface area contributed by atoms with Gasteiger partial charge in [0.2, 0.25) is 0 Å². The van der Waals surface area contributed by atoms with Crippen LogP contribution in [0.2, 0.25) is 0 Å². The third-order valence-electron chi connectivity index (χ3n) is 2.69. The van der Waals surface area contributed by atoms with Crippen LogP contribution in [0.3, 0.4) is 0 Å². The first kappa shape index (κ1) is 7.93. The molecule has 0 spiro atoms. The van der Waals surface area contributed by atoms with Crippen molar-refractivity contribution in [2.75, 3.05) is 5.75 Å². The summed E-state index contributed by atoms with van der Waals surface area (Å²) < 4.78 is 0. The van der Waals surface area contributed by atoms with Gasteiger partial charge < -0.3 is 5.32 Å². The summed E-state index contributed by atoms with van der Waals surface area (Å²) in [5, 5.41) is 4.67. The molecule has 1 aliphatic carbocycles. The molecule has 1 nitrogen and oxygen atoms in total. The van der Waals surface area contributed by atoms with Crippen LogP contribution in [0, 0.1) is 0 Å². The molecule has 1 N–H and O–H groups in total. The van der Waals surface area contributed by atoms with Crippen LogP contribution in [0.5, 0.6) is 0 Å². The standard InChI is InChI=1S/C9H17NS/c1-9(2)6-11-8-5-3-4-7(8)10-9/h7-8,10H,3-6H2,1-2H3. The molecule has 0 aromatic carbocycles. The molecule has 0 amide bonds. The van der Waals surface area contributed by atoms with E-state index in [0.29, 0.717) is 5.54 Å². The first-order valence-corrected chi connectivity index (χ1v) is 5.62. The van der Waals surface area contributed by atoms with E-state index in [1.807, 2.05) is 0 Å². The number of rotatable bonds is 0. The maximum absolute atomic E-state index is 3.73.